The van der Waals surface area contributed by atoms with E-state index < -0.39 is 17.8 Å². The summed E-state index contributed by atoms with van der Waals surface area (Å²) in [6.07, 6.45) is 10.1. The third kappa shape index (κ3) is 5.52. The maximum Gasteiger partial charge on any atom is 0.319 e. The Balaban J connectivity index is 1.25. The number of terminal acetylenes is 1. The Labute approximate surface area is 276 Å². The summed E-state index contributed by atoms with van der Waals surface area (Å²) in [6.45, 7) is 3.91. The van der Waals surface area contributed by atoms with Crippen LogP contribution in [0.5, 0.6) is 17.6 Å². The minimum absolute atomic E-state index is 0.0337. The monoisotopic (exact) mass is 658 g/mol. The van der Waals surface area contributed by atoms with Gasteiger partial charge in [0.15, 0.2) is 5.82 Å². The third-order valence-corrected chi connectivity index (χ3v) is 10.4. The van der Waals surface area contributed by atoms with E-state index in [1.54, 1.807) is 0 Å². The highest BCUT2D eigenvalue weighted by atomic mass is 19.1. The normalized spacial score (nSPS) is 22.3. The number of nitrogens with one attached hydrogen (secondary N) is 1. The minimum atomic E-state index is -0.799. The number of hydrogen-bond donors (Lipinski definition) is 2. The van der Waals surface area contributed by atoms with Crippen molar-refractivity contribution >= 4 is 27.5 Å². The number of pyridine rings is 1. The lowest BCUT2D eigenvalue weighted by Gasteiger charge is -2.34. The molecule has 1 saturated carbocycles. The van der Waals surface area contributed by atoms with Gasteiger partial charge in [0.2, 0.25) is 5.88 Å². The van der Waals surface area contributed by atoms with Gasteiger partial charge in [0.05, 0.1) is 19.3 Å². The smallest absolute Gasteiger partial charge is 0.319 e. The SMILES string of the molecule is C#Cc1c(F)ccc2cc(O)cc(-c3nc(OC)c4c(N5CC6CCC(C5)N6)nc(OCC5(CN6CCC(F)CC6)CC5)nc4c3F)c12. The van der Waals surface area contributed by atoms with Crippen molar-refractivity contribution in [3.05, 3.63) is 41.5 Å². The number of rotatable bonds is 8. The maximum absolute atomic E-state index is 17.0. The number of halogens is 3. The van der Waals surface area contributed by atoms with Crippen LogP contribution in [0.3, 0.4) is 0 Å². The van der Waals surface area contributed by atoms with Crippen molar-refractivity contribution in [3.8, 4) is 41.2 Å². The molecule has 2 aromatic heterocycles. The van der Waals surface area contributed by atoms with Gasteiger partial charge >= 0.3 is 6.01 Å². The number of ether oxygens (including phenoxy) is 2. The fraction of sp³-hybridized carbons (Fsp3) is 0.472. The summed E-state index contributed by atoms with van der Waals surface area (Å²) >= 11 is 0. The van der Waals surface area contributed by atoms with Crippen LogP contribution < -0.4 is 19.7 Å². The van der Waals surface area contributed by atoms with E-state index in [2.05, 4.69) is 31.0 Å². The molecule has 2 aromatic carbocycles. The Morgan fingerprint density at radius 3 is 2.48 bits per heavy atom. The Kier molecular flexibility index (Phi) is 7.72. The van der Waals surface area contributed by atoms with Crippen LogP contribution in [0.25, 0.3) is 32.9 Å². The average Bonchev–Trinajstić information content (AvgIpc) is 3.78. The van der Waals surface area contributed by atoms with Crippen molar-refractivity contribution in [2.24, 2.45) is 5.41 Å². The van der Waals surface area contributed by atoms with Crippen LogP contribution >= 0.6 is 0 Å². The number of anilines is 1. The van der Waals surface area contributed by atoms with E-state index in [1.165, 1.54) is 31.4 Å². The molecule has 250 valence electrons. The molecule has 3 aliphatic heterocycles. The number of alkyl halides is 1. The lowest BCUT2D eigenvalue weighted by molar-refractivity contribution is 0.107. The van der Waals surface area contributed by atoms with E-state index in [9.17, 15) is 13.9 Å². The van der Waals surface area contributed by atoms with Crippen LogP contribution in [0.1, 0.15) is 44.1 Å². The van der Waals surface area contributed by atoms with Gasteiger partial charge in [-0.15, -0.1) is 6.42 Å². The van der Waals surface area contributed by atoms with Crippen LogP contribution in [-0.2, 0) is 0 Å². The molecular formula is C36H37F3N6O3. The van der Waals surface area contributed by atoms with E-state index in [1.807, 2.05) is 0 Å². The number of aromatic hydroxyl groups is 1. The fourth-order valence-electron chi connectivity index (χ4n) is 7.72. The molecule has 1 aliphatic carbocycles. The van der Waals surface area contributed by atoms with Crippen molar-refractivity contribution in [2.45, 2.75) is 56.8 Å². The molecule has 2 bridgehead atoms. The highest BCUT2D eigenvalue weighted by Crippen LogP contribution is 2.47. The molecule has 9 nitrogen and oxygen atoms in total. The largest absolute Gasteiger partial charge is 0.508 e. The van der Waals surface area contributed by atoms with E-state index in [0.717, 1.165) is 45.3 Å². The third-order valence-electron chi connectivity index (χ3n) is 10.4. The first-order chi connectivity index (χ1) is 23.2. The Hall–Kier alpha value is -4.34. The number of piperazine rings is 1. The van der Waals surface area contributed by atoms with Gasteiger partial charge in [-0.1, -0.05) is 12.0 Å². The molecule has 2 N–H and O–H groups in total. The van der Waals surface area contributed by atoms with Gasteiger partial charge in [0, 0.05) is 61.2 Å². The molecular weight excluding hydrogens is 621 g/mol. The second kappa shape index (κ2) is 12.0. The van der Waals surface area contributed by atoms with Gasteiger partial charge in [0.1, 0.15) is 40.2 Å². The average molecular weight is 659 g/mol. The number of aromatic nitrogens is 3. The molecule has 4 aromatic rings. The molecule has 2 atom stereocenters. The van der Waals surface area contributed by atoms with Crippen molar-refractivity contribution < 1.29 is 27.8 Å². The number of piperidine rings is 1. The summed E-state index contributed by atoms with van der Waals surface area (Å²) in [7, 11) is 1.44. The second-order valence-corrected chi connectivity index (χ2v) is 13.8. The summed E-state index contributed by atoms with van der Waals surface area (Å²) in [5, 5.41) is 15.2. The Bertz CT molecular complexity index is 1940. The van der Waals surface area contributed by atoms with Crippen LogP contribution in [0.15, 0.2) is 24.3 Å². The van der Waals surface area contributed by atoms with Gasteiger partial charge < -0.3 is 29.7 Å². The second-order valence-electron chi connectivity index (χ2n) is 13.8. The molecule has 3 saturated heterocycles. The quantitative estimate of drug-likeness (QED) is 0.243. The fourth-order valence-corrected chi connectivity index (χ4v) is 7.72. The highest BCUT2D eigenvalue weighted by molar-refractivity contribution is 6.04. The number of hydrogen-bond acceptors (Lipinski definition) is 9. The Morgan fingerprint density at radius 1 is 1.04 bits per heavy atom. The molecule has 0 spiro atoms. The van der Waals surface area contributed by atoms with E-state index >= 15 is 4.39 Å². The van der Waals surface area contributed by atoms with Gasteiger partial charge in [0.25, 0.3) is 0 Å². The van der Waals surface area contributed by atoms with E-state index in [4.69, 9.17) is 20.9 Å². The molecule has 48 heavy (non-hydrogen) atoms. The number of phenols is 1. The molecule has 4 fully saturated rings. The van der Waals surface area contributed by atoms with Gasteiger partial charge in [-0.05, 0) is 62.1 Å². The van der Waals surface area contributed by atoms with Crippen molar-refractivity contribution in [1.29, 1.82) is 0 Å². The first-order valence-electron chi connectivity index (χ1n) is 16.6. The zero-order valence-corrected chi connectivity index (χ0v) is 26.7. The first kappa shape index (κ1) is 31.0. The van der Waals surface area contributed by atoms with Crippen molar-refractivity contribution in [3.63, 3.8) is 0 Å². The predicted molar refractivity (Wildman–Crippen MR) is 176 cm³/mol. The lowest BCUT2D eigenvalue weighted by atomic mass is 9.95. The molecule has 5 heterocycles. The minimum Gasteiger partial charge on any atom is -0.508 e. The number of phenolic OH excluding ortho intramolecular Hbond substituents is 1. The summed E-state index contributed by atoms with van der Waals surface area (Å²) in [4.78, 5) is 18.5. The number of fused-ring (bicyclic) bond motifs is 4. The lowest BCUT2D eigenvalue weighted by Crippen LogP contribution is -2.51. The number of likely N-dealkylation sites (tertiary alicyclic amines) is 1. The van der Waals surface area contributed by atoms with E-state index in [0.29, 0.717) is 49.1 Å². The van der Waals surface area contributed by atoms with Crippen LogP contribution in [0, 0.1) is 29.4 Å². The standard InChI is InChI=1S/C36H37F3N6O3/c1-3-25-27(38)7-4-20-14-24(46)15-26(28(20)25)31-30(39)32-29(34(41-31)47-2)33(45-16-22-5-6-23(17-45)40-22)43-35(42-32)48-19-36(10-11-36)18-44-12-8-21(37)9-13-44/h1,4,7,14-15,21-23,40,46H,5-6,8-13,16-19H2,2H3. The van der Waals surface area contributed by atoms with E-state index in [-0.39, 0.29) is 62.9 Å². The zero-order chi connectivity index (χ0) is 33.2. The zero-order valence-electron chi connectivity index (χ0n) is 26.7. The maximum atomic E-state index is 17.0. The topological polar surface area (TPSA) is 95.9 Å². The number of benzene rings is 2. The first-order valence-corrected chi connectivity index (χ1v) is 16.6. The van der Waals surface area contributed by atoms with Crippen LogP contribution in [0.4, 0.5) is 19.0 Å². The molecule has 0 amide bonds. The molecule has 2 unspecified atom stereocenters. The molecule has 0 radical (unpaired) electrons. The number of methoxy groups -OCH3 is 1. The summed E-state index contributed by atoms with van der Waals surface area (Å²) < 4.78 is 57.8. The van der Waals surface area contributed by atoms with Crippen LogP contribution in [-0.4, -0.2) is 89.7 Å². The highest BCUT2D eigenvalue weighted by Gasteiger charge is 2.45. The predicted octanol–water partition coefficient (Wildman–Crippen LogP) is 5.35. The summed E-state index contributed by atoms with van der Waals surface area (Å²) in [5.74, 6) is 1.31. The van der Waals surface area contributed by atoms with Crippen LogP contribution in [0.2, 0.25) is 0 Å². The molecule has 4 aliphatic rings. The van der Waals surface area contributed by atoms with Gasteiger partial charge in [-0.3, -0.25) is 0 Å². The molecule has 8 rings (SSSR count). The summed E-state index contributed by atoms with van der Waals surface area (Å²) in [5.41, 5.74) is -0.323. The molecule has 12 heteroatoms. The van der Waals surface area contributed by atoms with Crippen molar-refractivity contribution in [2.75, 3.05) is 51.3 Å². The van der Waals surface area contributed by atoms with Gasteiger partial charge in [-0.2, -0.15) is 9.97 Å². The Morgan fingerprint density at radius 2 is 1.79 bits per heavy atom. The number of nitrogens with zero attached hydrogens (tertiary/aromatic N) is 5. The van der Waals surface area contributed by atoms with Gasteiger partial charge in [-0.25, -0.2) is 18.2 Å². The van der Waals surface area contributed by atoms with Crippen molar-refractivity contribution in [1.82, 2.24) is 25.2 Å². The summed E-state index contributed by atoms with van der Waals surface area (Å²) in [6, 6.07) is 6.00.